The lowest BCUT2D eigenvalue weighted by Crippen LogP contribution is -2.13. The number of benzene rings is 1. The predicted octanol–water partition coefficient (Wildman–Crippen LogP) is 0.655. The van der Waals surface area contributed by atoms with Crippen molar-refractivity contribution in [3.63, 3.8) is 0 Å². The van der Waals surface area contributed by atoms with E-state index in [2.05, 4.69) is 4.84 Å². The van der Waals surface area contributed by atoms with Crippen molar-refractivity contribution >= 4 is 5.91 Å². The number of carbonyl (C=O) groups is 1. The van der Waals surface area contributed by atoms with E-state index in [1.807, 2.05) is 13.8 Å². The first-order valence-corrected chi connectivity index (χ1v) is 3.84. The molecule has 0 aliphatic carbocycles. The van der Waals surface area contributed by atoms with Crippen LogP contribution in [0.4, 0.5) is 0 Å². The molecule has 1 amide bonds. The van der Waals surface area contributed by atoms with Crippen LogP contribution in [0.3, 0.4) is 0 Å². The molecular formula is C9H12N2O2. The maximum absolute atomic E-state index is 10.9. The van der Waals surface area contributed by atoms with Crippen LogP contribution >= 0.6 is 0 Å². The van der Waals surface area contributed by atoms with Gasteiger partial charge in [-0.3, -0.25) is 4.79 Å². The average Bonchev–Trinajstić information content (AvgIpc) is 2.03. The minimum absolute atomic E-state index is 0.449. The second-order valence-electron chi connectivity index (χ2n) is 2.92. The van der Waals surface area contributed by atoms with Crippen LogP contribution < -0.4 is 16.5 Å². The molecular weight excluding hydrogens is 168 g/mol. The molecule has 0 fully saturated rings. The minimum atomic E-state index is -0.449. The van der Waals surface area contributed by atoms with E-state index in [0.717, 1.165) is 11.1 Å². The van der Waals surface area contributed by atoms with E-state index in [1.54, 1.807) is 12.1 Å². The zero-order valence-corrected chi connectivity index (χ0v) is 7.63. The Hall–Kier alpha value is -1.55. The summed E-state index contributed by atoms with van der Waals surface area (Å²) in [6, 6.07) is 3.30. The first-order valence-electron chi connectivity index (χ1n) is 3.84. The van der Waals surface area contributed by atoms with Crippen LogP contribution in [0.25, 0.3) is 0 Å². The van der Waals surface area contributed by atoms with Gasteiger partial charge >= 0.3 is 0 Å². The molecule has 0 aliphatic rings. The van der Waals surface area contributed by atoms with Gasteiger partial charge in [0.05, 0.1) is 0 Å². The SMILES string of the molecule is Cc1cc(C(N)=O)cc(C)c1ON. The highest BCUT2D eigenvalue weighted by atomic mass is 16.6. The highest BCUT2D eigenvalue weighted by Gasteiger charge is 2.08. The topological polar surface area (TPSA) is 78.3 Å². The fourth-order valence-corrected chi connectivity index (χ4v) is 1.28. The van der Waals surface area contributed by atoms with Crippen molar-refractivity contribution < 1.29 is 9.63 Å². The Labute approximate surface area is 76.4 Å². The van der Waals surface area contributed by atoms with E-state index >= 15 is 0 Å². The van der Waals surface area contributed by atoms with Crippen LogP contribution in [0.15, 0.2) is 12.1 Å². The lowest BCUT2D eigenvalue weighted by atomic mass is 10.1. The van der Waals surface area contributed by atoms with Gasteiger partial charge in [0.15, 0.2) is 5.75 Å². The molecule has 0 saturated heterocycles. The normalized spacial score (nSPS) is 9.77. The summed E-state index contributed by atoms with van der Waals surface area (Å²) in [6.07, 6.45) is 0. The predicted molar refractivity (Wildman–Crippen MR) is 49.2 cm³/mol. The summed E-state index contributed by atoms with van der Waals surface area (Å²) in [5, 5.41) is 0. The van der Waals surface area contributed by atoms with E-state index < -0.39 is 5.91 Å². The average molecular weight is 180 g/mol. The quantitative estimate of drug-likeness (QED) is 0.656. The zero-order valence-electron chi connectivity index (χ0n) is 7.63. The van der Waals surface area contributed by atoms with Gasteiger partial charge in [0, 0.05) is 5.56 Å². The van der Waals surface area contributed by atoms with Gasteiger partial charge in [-0.1, -0.05) is 0 Å². The monoisotopic (exact) mass is 180 g/mol. The van der Waals surface area contributed by atoms with E-state index in [1.165, 1.54) is 0 Å². The number of primary amides is 1. The number of hydrogen-bond acceptors (Lipinski definition) is 3. The molecule has 1 aromatic carbocycles. The molecule has 0 radical (unpaired) electrons. The molecule has 1 aromatic rings. The molecule has 0 atom stereocenters. The Morgan fingerprint density at radius 3 is 2.08 bits per heavy atom. The highest BCUT2D eigenvalue weighted by molar-refractivity contribution is 5.93. The fraction of sp³-hybridized carbons (Fsp3) is 0.222. The molecule has 4 nitrogen and oxygen atoms in total. The third-order valence-corrected chi connectivity index (χ3v) is 1.86. The molecule has 0 spiro atoms. The number of amides is 1. The first-order chi connectivity index (χ1) is 6.06. The van der Waals surface area contributed by atoms with Crippen molar-refractivity contribution in [2.45, 2.75) is 13.8 Å². The maximum Gasteiger partial charge on any atom is 0.248 e. The van der Waals surface area contributed by atoms with E-state index in [0.29, 0.717) is 11.3 Å². The van der Waals surface area contributed by atoms with E-state index in [4.69, 9.17) is 11.6 Å². The van der Waals surface area contributed by atoms with Gasteiger partial charge < -0.3 is 10.6 Å². The van der Waals surface area contributed by atoms with E-state index in [9.17, 15) is 4.79 Å². The summed E-state index contributed by atoms with van der Waals surface area (Å²) in [5.74, 6) is 5.20. The number of rotatable bonds is 2. The zero-order chi connectivity index (χ0) is 10.0. The number of carbonyl (C=O) groups excluding carboxylic acids is 1. The summed E-state index contributed by atoms with van der Waals surface area (Å²) in [6.45, 7) is 3.61. The summed E-state index contributed by atoms with van der Waals surface area (Å²) in [5.41, 5.74) is 7.20. The van der Waals surface area contributed by atoms with Crippen molar-refractivity contribution in [1.82, 2.24) is 0 Å². The first kappa shape index (κ1) is 9.54. The number of aryl methyl sites for hydroxylation is 2. The summed E-state index contributed by atoms with van der Waals surface area (Å²) in [4.78, 5) is 15.5. The second-order valence-corrected chi connectivity index (χ2v) is 2.92. The van der Waals surface area contributed by atoms with Gasteiger partial charge in [0.2, 0.25) is 5.91 Å². The van der Waals surface area contributed by atoms with Crippen LogP contribution in [0.2, 0.25) is 0 Å². The number of nitrogens with two attached hydrogens (primary N) is 2. The Kier molecular flexibility index (Phi) is 2.53. The van der Waals surface area contributed by atoms with Crippen molar-refractivity contribution in [1.29, 1.82) is 0 Å². The smallest absolute Gasteiger partial charge is 0.248 e. The molecule has 0 aromatic heterocycles. The Morgan fingerprint density at radius 1 is 1.31 bits per heavy atom. The molecule has 70 valence electrons. The fourth-order valence-electron chi connectivity index (χ4n) is 1.28. The van der Waals surface area contributed by atoms with Crippen molar-refractivity contribution in [3.8, 4) is 5.75 Å². The van der Waals surface area contributed by atoms with Gasteiger partial charge in [-0.25, -0.2) is 0 Å². The summed E-state index contributed by atoms with van der Waals surface area (Å²) >= 11 is 0. The van der Waals surface area contributed by atoms with Crippen LogP contribution in [-0.4, -0.2) is 5.91 Å². The van der Waals surface area contributed by atoms with Crippen molar-refractivity contribution in [2.75, 3.05) is 0 Å². The van der Waals surface area contributed by atoms with Crippen LogP contribution in [-0.2, 0) is 0 Å². The van der Waals surface area contributed by atoms with Crippen LogP contribution in [0.5, 0.6) is 5.75 Å². The third-order valence-electron chi connectivity index (χ3n) is 1.86. The largest absolute Gasteiger partial charge is 0.411 e. The standard InChI is InChI=1S/C9H12N2O2/c1-5-3-7(9(10)12)4-6(2)8(5)13-11/h3-4H,11H2,1-2H3,(H2,10,12). The molecule has 13 heavy (non-hydrogen) atoms. The van der Waals surface area contributed by atoms with Gasteiger partial charge in [0.1, 0.15) is 0 Å². The summed E-state index contributed by atoms with van der Waals surface area (Å²) in [7, 11) is 0. The molecule has 0 heterocycles. The summed E-state index contributed by atoms with van der Waals surface area (Å²) < 4.78 is 0. The minimum Gasteiger partial charge on any atom is -0.411 e. The molecule has 0 aliphatic heterocycles. The number of hydrogen-bond donors (Lipinski definition) is 2. The van der Waals surface area contributed by atoms with Crippen molar-refractivity contribution in [3.05, 3.63) is 28.8 Å². The van der Waals surface area contributed by atoms with E-state index in [-0.39, 0.29) is 0 Å². The van der Waals surface area contributed by atoms with Gasteiger partial charge in [-0.15, -0.1) is 0 Å². The Morgan fingerprint density at radius 2 is 1.77 bits per heavy atom. The second kappa shape index (κ2) is 3.45. The Bertz CT molecular complexity index is 324. The van der Waals surface area contributed by atoms with Gasteiger partial charge in [-0.2, -0.15) is 5.90 Å². The van der Waals surface area contributed by atoms with Gasteiger partial charge in [0.25, 0.3) is 0 Å². The lowest BCUT2D eigenvalue weighted by molar-refractivity contribution is 0.1000. The molecule has 0 bridgehead atoms. The molecule has 4 N–H and O–H groups in total. The van der Waals surface area contributed by atoms with Crippen LogP contribution in [0.1, 0.15) is 21.5 Å². The maximum atomic E-state index is 10.9. The van der Waals surface area contributed by atoms with Crippen molar-refractivity contribution in [2.24, 2.45) is 11.6 Å². The van der Waals surface area contributed by atoms with Crippen LogP contribution in [0, 0.1) is 13.8 Å². The lowest BCUT2D eigenvalue weighted by Gasteiger charge is -2.08. The Balaban J connectivity index is 3.28. The highest BCUT2D eigenvalue weighted by Crippen LogP contribution is 2.23. The molecule has 4 heteroatoms. The third kappa shape index (κ3) is 1.78. The molecule has 1 rings (SSSR count). The van der Waals surface area contributed by atoms with Gasteiger partial charge in [-0.05, 0) is 37.1 Å². The molecule has 0 saturated carbocycles. The molecule has 0 unspecified atom stereocenters.